The van der Waals surface area contributed by atoms with E-state index in [4.69, 9.17) is 0 Å². The van der Waals surface area contributed by atoms with Crippen molar-refractivity contribution in [1.29, 1.82) is 0 Å². The minimum atomic E-state index is -0.290. The molecule has 1 fully saturated rings. The first-order valence-corrected chi connectivity index (χ1v) is 11.1. The second-order valence-electron chi connectivity index (χ2n) is 8.64. The van der Waals surface area contributed by atoms with Crippen molar-refractivity contribution in [2.24, 2.45) is 0 Å². The lowest BCUT2D eigenvalue weighted by Gasteiger charge is -2.09. The van der Waals surface area contributed by atoms with Gasteiger partial charge < -0.3 is 9.97 Å². The van der Waals surface area contributed by atoms with Crippen LogP contribution in [0.2, 0.25) is 0 Å². The van der Waals surface area contributed by atoms with Crippen LogP contribution in [-0.2, 0) is 11.5 Å². The van der Waals surface area contributed by atoms with Crippen molar-refractivity contribution in [1.82, 2.24) is 19.1 Å². The highest BCUT2D eigenvalue weighted by molar-refractivity contribution is 5.89. The van der Waals surface area contributed by atoms with Crippen LogP contribution in [0, 0.1) is 0 Å². The SMILES string of the molecule is O=C1CCCC1c1ccc2c(c1)[nH]c(=O)n2Cn1c(=O)[nH]c2cc(-c3ccccc3)ccc21. The molecule has 2 N–H and O–H groups in total. The Balaban J connectivity index is 1.39. The monoisotopic (exact) mass is 438 g/mol. The molecule has 1 atom stereocenters. The largest absolute Gasteiger partial charge is 0.327 e. The summed E-state index contributed by atoms with van der Waals surface area (Å²) in [6.07, 6.45) is 2.38. The summed E-state index contributed by atoms with van der Waals surface area (Å²) in [4.78, 5) is 43.5. The van der Waals surface area contributed by atoms with Crippen LogP contribution in [0.15, 0.2) is 76.3 Å². The Hall–Kier alpha value is -4.13. The van der Waals surface area contributed by atoms with E-state index >= 15 is 0 Å². The smallest absolute Gasteiger partial charge is 0.305 e. The molecule has 3 aromatic carbocycles. The van der Waals surface area contributed by atoms with E-state index in [2.05, 4.69) is 9.97 Å². The number of carbonyl (C=O) groups is 1. The number of benzene rings is 3. The van der Waals surface area contributed by atoms with Crippen molar-refractivity contribution < 1.29 is 4.79 Å². The summed E-state index contributed by atoms with van der Waals surface area (Å²) in [5.74, 6) is 0.174. The zero-order chi connectivity index (χ0) is 22.5. The van der Waals surface area contributed by atoms with E-state index in [1.54, 1.807) is 9.13 Å². The lowest BCUT2D eigenvalue weighted by Crippen LogP contribution is -2.26. The van der Waals surface area contributed by atoms with Crippen LogP contribution in [0.1, 0.15) is 30.7 Å². The van der Waals surface area contributed by atoms with Gasteiger partial charge in [-0.25, -0.2) is 9.59 Å². The summed E-state index contributed by atoms with van der Waals surface area (Å²) in [5, 5.41) is 0. The van der Waals surface area contributed by atoms with Crippen molar-refractivity contribution in [3.8, 4) is 11.1 Å². The maximum absolute atomic E-state index is 12.8. The Kier molecular flexibility index (Phi) is 4.43. The van der Waals surface area contributed by atoms with E-state index in [0.717, 1.165) is 40.6 Å². The van der Waals surface area contributed by atoms with Gasteiger partial charge in [0.05, 0.1) is 22.1 Å². The van der Waals surface area contributed by atoms with Crippen molar-refractivity contribution in [3.63, 3.8) is 0 Å². The molecule has 0 amide bonds. The van der Waals surface area contributed by atoms with Crippen molar-refractivity contribution in [3.05, 3.63) is 93.3 Å². The number of fused-ring (bicyclic) bond motifs is 2. The first-order valence-electron chi connectivity index (χ1n) is 11.1. The van der Waals surface area contributed by atoms with Crippen molar-refractivity contribution >= 4 is 27.9 Å². The second-order valence-corrected chi connectivity index (χ2v) is 8.64. The maximum atomic E-state index is 12.8. The van der Waals surface area contributed by atoms with E-state index < -0.39 is 0 Å². The Bertz CT molecular complexity index is 1640. The average Bonchev–Trinajstić information content (AvgIpc) is 3.49. The molecule has 33 heavy (non-hydrogen) atoms. The zero-order valence-corrected chi connectivity index (χ0v) is 17.9. The molecule has 0 radical (unpaired) electrons. The number of hydrogen-bond donors (Lipinski definition) is 2. The molecule has 0 saturated heterocycles. The van der Waals surface area contributed by atoms with Crippen LogP contribution in [0.25, 0.3) is 33.2 Å². The van der Waals surface area contributed by atoms with E-state index in [0.29, 0.717) is 17.5 Å². The molecule has 5 aromatic rings. The molecule has 1 aliphatic rings. The van der Waals surface area contributed by atoms with Gasteiger partial charge in [-0.1, -0.05) is 42.5 Å². The average molecular weight is 438 g/mol. The number of Topliss-reactive ketones (excluding diaryl/α,β-unsaturated/α-hetero) is 1. The van der Waals surface area contributed by atoms with E-state index in [-0.39, 0.29) is 29.7 Å². The van der Waals surface area contributed by atoms with Gasteiger partial charge in [0.2, 0.25) is 0 Å². The summed E-state index contributed by atoms with van der Waals surface area (Å²) < 4.78 is 3.11. The quantitative estimate of drug-likeness (QED) is 0.445. The minimum absolute atomic E-state index is 0.0868. The summed E-state index contributed by atoms with van der Waals surface area (Å²) in [6.45, 7) is 0.0874. The minimum Gasteiger partial charge on any atom is -0.305 e. The fourth-order valence-corrected chi connectivity index (χ4v) is 4.96. The van der Waals surface area contributed by atoms with Gasteiger partial charge in [0.15, 0.2) is 0 Å². The van der Waals surface area contributed by atoms with Crippen LogP contribution in [0.3, 0.4) is 0 Å². The Labute approximate surface area is 188 Å². The third-order valence-corrected chi connectivity index (χ3v) is 6.67. The number of carbonyl (C=O) groups excluding carboxylic acids is 1. The third-order valence-electron chi connectivity index (χ3n) is 6.67. The summed E-state index contributed by atoms with van der Waals surface area (Å²) in [5.41, 5.74) is 5.29. The first-order chi connectivity index (χ1) is 16.1. The molecule has 0 bridgehead atoms. The molecule has 7 heteroatoms. The molecule has 164 valence electrons. The number of aromatic amines is 2. The lowest BCUT2D eigenvalue weighted by molar-refractivity contribution is -0.118. The molecule has 2 heterocycles. The molecule has 1 saturated carbocycles. The number of rotatable bonds is 4. The Morgan fingerprint density at radius 3 is 2.09 bits per heavy atom. The van der Waals surface area contributed by atoms with Gasteiger partial charge >= 0.3 is 11.4 Å². The number of aromatic nitrogens is 4. The number of nitrogens with one attached hydrogen (secondary N) is 2. The van der Waals surface area contributed by atoms with Crippen molar-refractivity contribution in [2.75, 3.05) is 0 Å². The van der Waals surface area contributed by atoms with Crippen LogP contribution in [0.5, 0.6) is 0 Å². The molecular formula is C26H22N4O3. The van der Waals surface area contributed by atoms with Crippen molar-refractivity contribution in [2.45, 2.75) is 31.8 Å². The number of H-pyrrole nitrogens is 2. The van der Waals surface area contributed by atoms with E-state index in [9.17, 15) is 14.4 Å². The lowest BCUT2D eigenvalue weighted by atomic mass is 9.96. The van der Waals surface area contributed by atoms with Gasteiger partial charge in [-0.05, 0) is 53.8 Å². The molecule has 0 aliphatic heterocycles. The van der Waals surface area contributed by atoms with Gasteiger partial charge in [-0.15, -0.1) is 0 Å². The highest BCUT2D eigenvalue weighted by atomic mass is 16.2. The van der Waals surface area contributed by atoms with Gasteiger partial charge in [-0.2, -0.15) is 0 Å². The molecule has 1 aliphatic carbocycles. The van der Waals surface area contributed by atoms with Crippen LogP contribution in [-0.4, -0.2) is 24.9 Å². The summed E-state index contributed by atoms with van der Waals surface area (Å²) >= 11 is 0. The zero-order valence-electron chi connectivity index (χ0n) is 17.9. The standard InChI is InChI=1S/C26H22N4O3/c31-24-8-4-7-19(24)18-10-12-23-21(14-18)28-26(33)30(23)15-29-22-11-9-17(13-20(22)27-25(29)32)16-5-2-1-3-6-16/h1-3,5-6,9-14,19H,4,7-8,15H2,(H,27,32)(H,28,33). The first kappa shape index (κ1) is 19.5. The van der Waals surface area contributed by atoms with Crippen LogP contribution >= 0.6 is 0 Å². The number of hydrogen-bond acceptors (Lipinski definition) is 3. The molecule has 2 aromatic heterocycles. The normalized spacial score (nSPS) is 16.2. The third kappa shape index (κ3) is 3.24. The molecular weight excluding hydrogens is 416 g/mol. The highest BCUT2D eigenvalue weighted by Crippen LogP contribution is 2.32. The molecule has 7 nitrogen and oxygen atoms in total. The predicted octanol–water partition coefficient (Wildman–Crippen LogP) is 3.98. The van der Waals surface area contributed by atoms with E-state index in [1.165, 1.54) is 0 Å². The van der Waals surface area contributed by atoms with Gasteiger partial charge in [0, 0.05) is 12.3 Å². The summed E-state index contributed by atoms with van der Waals surface area (Å²) in [6, 6.07) is 21.5. The van der Waals surface area contributed by atoms with Gasteiger partial charge in [0.1, 0.15) is 12.5 Å². The molecule has 6 rings (SSSR count). The van der Waals surface area contributed by atoms with Gasteiger partial charge in [-0.3, -0.25) is 13.9 Å². The van der Waals surface area contributed by atoms with Crippen LogP contribution < -0.4 is 11.4 Å². The second kappa shape index (κ2) is 7.48. The molecule has 0 spiro atoms. The fourth-order valence-electron chi connectivity index (χ4n) is 4.96. The molecule has 1 unspecified atom stereocenters. The number of imidazole rings is 2. The highest BCUT2D eigenvalue weighted by Gasteiger charge is 2.26. The summed E-state index contributed by atoms with van der Waals surface area (Å²) in [7, 11) is 0. The fraction of sp³-hybridized carbons (Fsp3) is 0.192. The van der Waals surface area contributed by atoms with E-state index in [1.807, 2.05) is 66.7 Å². The van der Waals surface area contributed by atoms with Gasteiger partial charge in [0.25, 0.3) is 0 Å². The van der Waals surface area contributed by atoms with Crippen LogP contribution in [0.4, 0.5) is 0 Å². The maximum Gasteiger partial charge on any atom is 0.327 e. The number of nitrogens with zero attached hydrogens (tertiary/aromatic N) is 2. The Morgan fingerprint density at radius 2 is 1.42 bits per heavy atom. The number of ketones is 1. The Morgan fingerprint density at radius 1 is 0.758 bits per heavy atom. The predicted molar refractivity (Wildman–Crippen MR) is 128 cm³/mol. The topological polar surface area (TPSA) is 92.7 Å².